The number of para-hydroxylation sites is 1. The van der Waals surface area contributed by atoms with Crippen LogP contribution in [0.4, 0.5) is 21.9 Å². The Balaban J connectivity index is 2.08. The summed E-state index contributed by atoms with van der Waals surface area (Å²) in [6.45, 7) is 1.88. The molecule has 0 radical (unpaired) electrons. The summed E-state index contributed by atoms with van der Waals surface area (Å²) in [5.74, 6) is 0. The van der Waals surface area contributed by atoms with Gasteiger partial charge in [-0.05, 0) is 42.8 Å². The summed E-state index contributed by atoms with van der Waals surface area (Å²) in [6.07, 6.45) is 0. The Hall–Kier alpha value is -2.20. The van der Waals surface area contributed by atoms with Crippen molar-refractivity contribution in [1.29, 1.82) is 0 Å². The molecule has 2 amide bonds. The molecule has 0 aliphatic rings. The summed E-state index contributed by atoms with van der Waals surface area (Å²) in [7, 11) is 0. The zero-order valence-electron chi connectivity index (χ0n) is 10.4. The van der Waals surface area contributed by atoms with E-state index in [-0.39, 0.29) is 6.03 Å². The van der Waals surface area contributed by atoms with Crippen molar-refractivity contribution in [2.45, 2.75) is 6.92 Å². The van der Waals surface area contributed by atoms with Crippen molar-refractivity contribution in [2.75, 3.05) is 16.4 Å². The summed E-state index contributed by atoms with van der Waals surface area (Å²) in [4.78, 5) is 11.9. The highest BCUT2D eigenvalue weighted by Gasteiger charge is 2.06. The standard InChI is InChI=1S/C14H14ClN3O/c1-9-8-10(16)6-7-12(9)17-14(19)18-13-5-3-2-4-11(13)15/h2-8H,16H2,1H3,(H2,17,18,19). The maximum atomic E-state index is 11.9. The lowest BCUT2D eigenvalue weighted by atomic mass is 10.2. The van der Waals surface area contributed by atoms with Gasteiger partial charge in [-0.1, -0.05) is 23.7 Å². The third-order valence-corrected chi connectivity index (χ3v) is 2.95. The number of halogens is 1. The molecule has 2 aromatic rings. The highest BCUT2D eigenvalue weighted by Crippen LogP contribution is 2.21. The Bertz CT molecular complexity index is 613. The van der Waals surface area contributed by atoms with Gasteiger partial charge in [-0.25, -0.2) is 4.79 Å². The van der Waals surface area contributed by atoms with Crippen molar-refractivity contribution >= 4 is 34.7 Å². The number of nitrogens with two attached hydrogens (primary N) is 1. The second-order valence-electron chi connectivity index (χ2n) is 4.13. The molecule has 0 unspecified atom stereocenters. The van der Waals surface area contributed by atoms with Crippen molar-refractivity contribution < 1.29 is 4.79 Å². The van der Waals surface area contributed by atoms with Gasteiger partial charge in [0, 0.05) is 11.4 Å². The second-order valence-corrected chi connectivity index (χ2v) is 4.54. The van der Waals surface area contributed by atoms with E-state index >= 15 is 0 Å². The van der Waals surface area contributed by atoms with Crippen LogP contribution >= 0.6 is 11.6 Å². The molecule has 0 aliphatic heterocycles. The fourth-order valence-corrected chi connectivity index (χ4v) is 1.85. The summed E-state index contributed by atoms with van der Waals surface area (Å²) in [5, 5.41) is 5.93. The molecule has 0 saturated heterocycles. The average Bonchev–Trinajstić information content (AvgIpc) is 2.36. The average molecular weight is 276 g/mol. The lowest BCUT2D eigenvalue weighted by molar-refractivity contribution is 0.262. The monoisotopic (exact) mass is 275 g/mol. The molecule has 0 atom stereocenters. The van der Waals surface area contributed by atoms with E-state index < -0.39 is 0 Å². The van der Waals surface area contributed by atoms with Gasteiger partial charge in [-0.15, -0.1) is 0 Å². The molecule has 19 heavy (non-hydrogen) atoms. The molecular weight excluding hydrogens is 262 g/mol. The van der Waals surface area contributed by atoms with Crippen LogP contribution in [0, 0.1) is 6.92 Å². The first-order valence-corrected chi connectivity index (χ1v) is 6.13. The lowest BCUT2D eigenvalue weighted by Crippen LogP contribution is -2.20. The van der Waals surface area contributed by atoms with Crippen molar-refractivity contribution in [3.05, 3.63) is 53.1 Å². The number of rotatable bonds is 2. The summed E-state index contributed by atoms with van der Waals surface area (Å²) in [5.41, 5.74) is 8.49. The number of anilines is 3. The van der Waals surface area contributed by atoms with Crippen LogP contribution in [0.15, 0.2) is 42.5 Å². The van der Waals surface area contributed by atoms with Gasteiger partial charge in [0.1, 0.15) is 0 Å². The number of hydrogen-bond donors (Lipinski definition) is 3. The summed E-state index contributed by atoms with van der Waals surface area (Å²) >= 11 is 5.96. The van der Waals surface area contributed by atoms with Gasteiger partial charge >= 0.3 is 6.03 Å². The second kappa shape index (κ2) is 5.63. The van der Waals surface area contributed by atoms with Crippen LogP contribution in [-0.2, 0) is 0 Å². The summed E-state index contributed by atoms with van der Waals surface area (Å²) in [6, 6.07) is 12.0. The van der Waals surface area contributed by atoms with Gasteiger partial charge < -0.3 is 16.4 Å². The number of aryl methyl sites for hydroxylation is 1. The Morgan fingerprint density at radius 3 is 2.47 bits per heavy atom. The van der Waals surface area contributed by atoms with Crippen LogP contribution in [0.3, 0.4) is 0 Å². The number of hydrogen-bond acceptors (Lipinski definition) is 2. The first-order chi connectivity index (χ1) is 9.06. The molecule has 5 heteroatoms. The number of urea groups is 1. The molecule has 4 nitrogen and oxygen atoms in total. The minimum atomic E-state index is -0.346. The van der Waals surface area contributed by atoms with Gasteiger partial charge in [-0.2, -0.15) is 0 Å². The molecule has 0 fully saturated rings. The van der Waals surface area contributed by atoms with E-state index in [0.717, 1.165) is 5.56 Å². The van der Waals surface area contributed by atoms with Gasteiger partial charge in [0.25, 0.3) is 0 Å². The van der Waals surface area contributed by atoms with Gasteiger partial charge in [0.15, 0.2) is 0 Å². The first-order valence-electron chi connectivity index (χ1n) is 5.75. The number of benzene rings is 2. The van der Waals surface area contributed by atoms with E-state index in [1.807, 2.05) is 6.92 Å². The Labute approximate surface area is 116 Å². The first kappa shape index (κ1) is 13.2. The van der Waals surface area contributed by atoms with E-state index in [2.05, 4.69) is 10.6 Å². The number of nitrogen functional groups attached to an aromatic ring is 1. The minimum Gasteiger partial charge on any atom is -0.399 e. The normalized spacial score (nSPS) is 10.0. The molecule has 0 heterocycles. The van der Waals surface area contributed by atoms with Gasteiger partial charge in [0.05, 0.1) is 10.7 Å². The maximum Gasteiger partial charge on any atom is 0.323 e. The molecule has 0 aliphatic carbocycles. The quantitative estimate of drug-likeness (QED) is 0.728. The SMILES string of the molecule is Cc1cc(N)ccc1NC(=O)Nc1ccccc1Cl. The van der Waals surface area contributed by atoms with E-state index in [4.69, 9.17) is 17.3 Å². The molecule has 0 saturated carbocycles. The van der Waals surface area contributed by atoms with E-state index in [9.17, 15) is 4.79 Å². The number of carbonyl (C=O) groups excluding carboxylic acids is 1. The van der Waals surface area contributed by atoms with Crippen LogP contribution in [-0.4, -0.2) is 6.03 Å². The minimum absolute atomic E-state index is 0.346. The molecule has 98 valence electrons. The highest BCUT2D eigenvalue weighted by atomic mass is 35.5. The maximum absolute atomic E-state index is 11.9. The molecule has 2 rings (SSSR count). The van der Waals surface area contributed by atoms with Gasteiger partial charge in [0.2, 0.25) is 0 Å². The zero-order valence-corrected chi connectivity index (χ0v) is 11.2. The summed E-state index contributed by atoms with van der Waals surface area (Å²) < 4.78 is 0. The smallest absolute Gasteiger partial charge is 0.323 e. The van der Waals surface area contributed by atoms with Crippen LogP contribution in [0.5, 0.6) is 0 Å². The van der Waals surface area contributed by atoms with E-state index in [0.29, 0.717) is 22.1 Å². The van der Waals surface area contributed by atoms with Crippen molar-refractivity contribution in [3.63, 3.8) is 0 Å². The molecule has 2 aromatic carbocycles. The Morgan fingerprint density at radius 1 is 1.11 bits per heavy atom. The fourth-order valence-electron chi connectivity index (χ4n) is 1.67. The highest BCUT2D eigenvalue weighted by molar-refractivity contribution is 6.33. The van der Waals surface area contributed by atoms with Crippen LogP contribution in [0.2, 0.25) is 5.02 Å². The van der Waals surface area contributed by atoms with Crippen molar-refractivity contribution in [1.82, 2.24) is 0 Å². The van der Waals surface area contributed by atoms with E-state index in [1.165, 1.54) is 0 Å². The van der Waals surface area contributed by atoms with Crippen LogP contribution < -0.4 is 16.4 Å². The molecule has 0 bridgehead atoms. The van der Waals surface area contributed by atoms with E-state index in [1.54, 1.807) is 42.5 Å². The van der Waals surface area contributed by atoms with Gasteiger partial charge in [-0.3, -0.25) is 0 Å². The number of nitrogens with one attached hydrogen (secondary N) is 2. The Morgan fingerprint density at radius 2 is 1.79 bits per heavy atom. The van der Waals surface area contributed by atoms with Crippen LogP contribution in [0.25, 0.3) is 0 Å². The largest absolute Gasteiger partial charge is 0.399 e. The fraction of sp³-hybridized carbons (Fsp3) is 0.0714. The Kier molecular flexibility index (Phi) is 3.92. The number of carbonyl (C=O) groups is 1. The van der Waals surface area contributed by atoms with Crippen molar-refractivity contribution in [2.24, 2.45) is 0 Å². The third kappa shape index (κ3) is 3.39. The molecule has 0 aromatic heterocycles. The predicted octanol–water partition coefficient (Wildman–Crippen LogP) is 3.87. The van der Waals surface area contributed by atoms with Crippen LogP contribution in [0.1, 0.15) is 5.56 Å². The molecular formula is C14H14ClN3O. The molecule has 4 N–H and O–H groups in total. The lowest BCUT2D eigenvalue weighted by Gasteiger charge is -2.11. The predicted molar refractivity (Wildman–Crippen MR) is 79.7 cm³/mol. The molecule has 0 spiro atoms. The van der Waals surface area contributed by atoms with Crippen molar-refractivity contribution in [3.8, 4) is 0 Å². The third-order valence-electron chi connectivity index (χ3n) is 2.62. The topological polar surface area (TPSA) is 67.1 Å². The number of amides is 2. The zero-order chi connectivity index (χ0) is 13.8.